The molecule has 1 fully saturated rings. The average Bonchev–Trinajstić information content (AvgIpc) is 2.76. The van der Waals surface area contributed by atoms with E-state index < -0.39 is 28.6 Å². The fourth-order valence-electron chi connectivity index (χ4n) is 3.94. The number of allylic oxidation sites excluding steroid dienone is 4. The topological polar surface area (TPSA) is 58.4 Å². The van der Waals surface area contributed by atoms with Crippen LogP contribution in [-0.2, 0) is 6.18 Å². The molecule has 34 heavy (non-hydrogen) atoms. The molecule has 0 saturated carbocycles. The predicted octanol–water partition coefficient (Wildman–Crippen LogP) is 6.42. The van der Waals surface area contributed by atoms with Crippen molar-refractivity contribution in [2.75, 3.05) is 13.1 Å². The van der Waals surface area contributed by atoms with Crippen molar-refractivity contribution in [1.29, 1.82) is 0 Å². The summed E-state index contributed by atoms with van der Waals surface area (Å²) in [4.78, 5) is 14.6. The Morgan fingerprint density at radius 3 is 2.56 bits per heavy atom. The molecule has 1 aliphatic heterocycles. The van der Waals surface area contributed by atoms with Crippen molar-refractivity contribution in [3.05, 3.63) is 69.7 Å². The minimum Gasteiger partial charge on any atom is -0.400 e. The van der Waals surface area contributed by atoms with Crippen molar-refractivity contribution in [2.45, 2.75) is 37.4 Å². The lowest BCUT2D eigenvalue weighted by Crippen LogP contribution is -2.36. The smallest absolute Gasteiger partial charge is 0.400 e. The normalized spacial score (nSPS) is 20.7. The molecule has 1 aliphatic carbocycles. The summed E-state index contributed by atoms with van der Waals surface area (Å²) in [6.07, 6.45) is 2.45. The number of carbonyl (C=O) groups excluding carboxylic acids is 1. The van der Waals surface area contributed by atoms with Crippen LogP contribution >= 0.6 is 23.5 Å². The van der Waals surface area contributed by atoms with Crippen LogP contribution in [0.5, 0.6) is 0 Å². The van der Waals surface area contributed by atoms with Crippen molar-refractivity contribution < 1.29 is 31.1 Å². The molecule has 1 aromatic rings. The van der Waals surface area contributed by atoms with Gasteiger partial charge in [-0.1, -0.05) is 29.8 Å². The number of carbonyl (C=O) groups is 1. The Hall–Kier alpha value is -2.27. The Morgan fingerprint density at radius 2 is 1.94 bits per heavy atom. The van der Waals surface area contributed by atoms with Crippen LogP contribution in [0, 0.1) is 5.92 Å². The van der Waals surface area contributed by atoms with E-state index in [1.54, 1.807) is 17.1 Å². The molecule has 0 spiro atoms. The van der Waals surface area contributed by atoms with Gasteiger partial charge >= 0.3 is 11.7 Å². The molecule has 0 radical (unpaired) electrons. The van der Waals surface area contributed by atoms with E-state index in [4.69, 9.17) is 17.3 Å². The number of alkyl halides is 6. The first-order valence-electron chi connectivity index (χ1n) is 10.4. The van der Waals surface area contributed by atoms with E-state index >= 15 is 0 Å². The third kappa shape index (κ3) is 6.65. The van der Waals surface area contributed by atoms with Gasteiger partial charge in [-0.15, -0.1) is 0 Å². The molecule has 1 atom stereocenters. The molecule has 3 N–H and O–H groups in total. The van der Waals surface area contributed by atoms with Gasteiger partial charge in [0.2, 0.25) is 0 Å². The Balaban J connectivity index is 1.77. The Labute approximate surface area is 202 Å². The highest BCUT2D eigenvalue weighted by Crippen LogP contribution is 2.36. The van der Waals surface area contributed by atoms with Gasteiger partial charge in [0, 0.05) is 29.6 Å². The van der Waals surface area contributed by atoms with Crippen LogP contribution in [0.25, 0.3) is 0 Å². The monoisotopic (exact) mass is 525 g/mol. The summed E-state index contributed by atoms with van der Waals surface area (Å²) < 4.78 is 79.6. The lowest BCUT2D eigenvalue weighted by molar-refractivity contribution is -0.137. The van der Waals surface area contributed by atoms with Crippen LogP contribution in [0.2, 0.25) is 5.02 Å². The number of nitrogens with zero attached hydrogens (tertiary/aromatic N) is 1. The first kappa shape index (κ1) is 26.3. The van der Waals surface area contributed by atoms with Crippen molar-refractivity contribution in [3.63, 3.8) is 0 Å². The van der Waals surface area contributed by atoms with Gasteiger partial charge in [-0.05, 0) is 43.9 Å². The lowest BCUT2D eigenvalue weighted by atomic mass is 9.92. The predicted molar refractivity (Wildman–Crippen MR) is 120 cm³/mol. The zero-order valence-electron chi connectivity index (χ0n) is 17.8. The van der Waals surface area contributed by atoms with Crippen LogP contribution in [0.1, 0.15) is 41.6 Å². The summed E-state index contributed by atoms with van der Waals surface area (Å²) in [5, 5.41) is -0.271. The molecule has 4 nitrogen and oxygen atoms in total. The molecule has 0 bridgehead atoms. The number of ketones is 1. The van der Waals surface area contributed by atoms with Gasteiger partial charge in [-0.25, -0.2) is 0 Å². The largest absolute Gasteiger partial charge is 0.461 e. The zero-order valence-corrected chi connectivity index (χ0v) is 19.3. The summed E-state index contributed by atoms with van der Waals surface area (Å²) >= 11 is 5.60. The minimum absolute atomic E-state index is 0.271. The maximum atomic E-state index is 13.4. The van der Waals surface area contributed by atoms with Crippen molar-refractivity contribution >= 4 is 29.3 Å². The van der Waals surface area contributed by atoms with E-state index in [-0.39, 0.29) is 29.4 Å². The maximum absolute atomic E-state index is 13.4. The summed E-state index contributed by atoms with van der Waals surface area (Å²) in [7, 11) is 0. The quantitative estimate of drug-likeness (QED) is 0.255. The molecular formula is C22H22ClF6N3OS. The number of hydrogen-bond acceptors (Lipinski definition) is 5. The van der Waals surface area contributed by atoms with E-state index in [0.717, 1.165) is 25.0 Å². The first-order valence-corrected chi connectivity index (χ1v) is 11.6. The van der Waals surface area contributed by atoms with E-state index in [0.29, 0.717) is 36.5 Å². The maximum Gasteiger partial charge on any atom is 0.461 e. The molecule has 1 saturated heterocycles. The van der Waals surface area contributed by atoms with E-state index in [9.17, 15) is 31.1 Å². The molecule has 1 heterocycles. The third-order valence-corrected chi connectivity index (χ3v) is 6.41. The zero-order chi connectivity index (χ0) is 25.1. The number of piperidine rings is 1. The number of hydrogen-bond donors (Lipinski definition) is 2. The van der Waals surface area contributed by atoms with Gasteiger partial charge < -0.3 is 15.4 Å². The molecule has 0 aromatic heterocycles. The average molecular weight is 526 g/mol. The summed E-state index contributed by atoms with van der Waals surface area (Å²) in [5.74, 6) is -1.07. The van der Waals surface area contributed by atoms with Gasteiger partial charge in [-0.2, -0.15) is 26.3 Å². The lowest BCUT2D eigenvalue weighted by Gasteiger charge is -2.34. The number of Topliss-reactive ketones (excluding diaryl/α,β-unsaturated/α-hetero) is 1. The molecule has 0 amide bonds. The molecule has 1 aromatic carbocycles. The van der Waals surface area contributed by atoms with Crippen LogP contribution in [0.3, 0.4) is 0 Å². The van der Waals surface area contributed by atoms with Crippen LogP contribution in [-0.4, -0.2) is 29.3 Å². The number of benzene rings is 1. The van der Waals surface area contributed by atoms with Gasteiger partial charge in [0.05, 0.1) is 34.6 Å². The Kier molecular flexibility index (Phi) is 8.18. The molecule has 3 rings (SSSR count). The number of halogens is 7. The Morgan fingerprint density at radius 1 is 1.21 bits per heavy atom. The summed E-state index contributed by atoms with van der Waals surface area (Å²) in [6, 6.07) is 3.21. The number of nitrogens with one attached hydrogen (secondary N) is 1. The molecule has 12 heteroatoms. The van der Waals surface area contributed by atoms with Crippen molar-refractivity contribution in [2.24, 2.45) is 11.7 Å². The van der Waals surface area contributed by atoms with Crippen LogP contribution < -0.4 is 10.5 Å². The highest BCUT2D eigenvalue weighted by atomic mass is 35.5. The van der Waals surface area contributed by atoms with Crippen molar-refractivity contribution in [3.8, 4) is 0 Å². The van der Waals surface area contributed by atoms with Crippen molar-refractivity contribution in [1.82, 2.24) is 9.62 Å². The minimum atomic E-state index is -4.73. The van der Waals surface area contributed by atoms with Crippen LogP contribution in [0.4, 0.5) is 26.3 Å². The highest BCUT2D eigenvalue weighted by Gasteiger charge is 2.37. The third-order valence-electron chi connectivity index (χ3n) is 5.52. The number of rotatable bonds is 6. The van der Waals surface area contributed by atoms with E-state index in [1.165, 1.54) is 12.1 Å². The molecule has 186 valence electrons. The van der Waals surface area contributed by atoms with Gasteiger partial charge in [0.15, 0.2) is 5.78 Å². The summed E-state index contributed by atoms with van der Waals surface area (Å²) in [5.41, 5.74) is 1.70. The standard InChI is InChI=1S/C22H22ClF6N3OS/c23-16-5-3-4-15(21(24,25)26)19(16)18(33)12-32-11-2-1-6-17(32)20(30)13-7-9-14(10-8-13)31-34-22(27,28)29/h3-5,7,9-10,13,31H,1-2,6,8,11-12,30H2/b20-17-. The number of likely N-dealkylation sites (tertiary alicyclic amines) is 1. The fourth-order valence-corrected chi connectivity index (χ4v) is 4.61. The second kappa shape index (κ2) is 10.6. The highest BCUT2D eigenvalue weighted by molar-refractivity contribution is 7.98. The molecule has 2 aliphatic rings. The second-order valence-corrected chi connectivity index (χ2v) is 9.15. The van der Waals surface area contributed by atoms with Gasteiger partial charge in [-0.3, -0.25) is 4.79 Å². The SMILES string of the molecule is N/C(=C1/CCCCN1CC(=O)c1c(Cl)cccc1C(F)(F)F)C1C=CC(NSC(F)(F)F)=CC1. The van der Waals surface area contributed by atoms with Crippen LogP contribution in [0.15, 0.2) is 53.5 Å². The first-order chi connectivity index (χ1) is 15.9. The summed E-state index contributed by atoms with van der Waals surface area (Å²) in [6.45, 7) is 0.124. The second-order valence-electron chi connectivity index (χ2n) is 7.87. The van der Waals surface area contributed by atoms with E-state index in [1.807, 2.05) is 0 Å². The number of nitrogens with two attached hydrogens (primary N) is 1. The Bertz CT molecular complexity index is 1020. The molecule has 1 unspecified atom stereocenters. The molecular weight excluding hydrogens is 504 g/mol. The van der Waals surface area contributed by atoms with Gasteiger partial charge in [0.25, 0.3) is 0 Å². The van der Waals surface area contributed by atoms with Gasteiger partial charge in [0.1, 0.15) is 0 Å². The van der Waals surface area contributed by atoms with E-state index in [2.05, 4.69) is 4.72 Å². The fraction of sp³-hybridized carbons (Fsp3) is 0.409.